The lowest BCUT2D eigenvalue weighted by molar-refractivity contribution is -0.122. The second kappa shape index (κ2) is 7.82. The number of anilines is 1. The Labute approximate surface area is 170 Å². The zero-order valence-corrected chi connectivity index (χ0v) is 16.7. The van der Waals surface area contributed by atoms with Gasteiger partial charge in [-0.3, -0.25) is 14.4 Å². The molecule has 0 N–H and O–H groups in total. The molecular weight excluding hydrogens is 366 g/mol. The molecule has 1 aliphatic heterocycles. The summed E-state index contributed by atoms with van der Waals surface area (Å²) in [4.78, 5) is 39.7. The molecule has 2 aromatic rings. The molecule has 2 fully saturated rings. The fourth-order valence-electron chi connectivity index (χ4n) is 4.43. The molecule has 2 aliphatic rings. The number of carbonyl (C=O) groups is 3. The third kappa shape index (κ3) is 3.69. The lowest BCUT2D eigenvalue weighted by atomic mass is 9.76. The molecule has 0 radical (unpaired) electrons. The van der Waals surface area contributed by atoms with Gasteiger partial charge in [-0.05, 0) is 44.2 Å². The van der Waals surface area contributed by atoms with E-state index in [1.807, 2.05) is 18.2 Å². The fourth-order valence-corrected chi connectivity index (χ4v) is 4.43. The molecule has 0 spiro atoms. The van der Waals surface area contributed by atoms with Gasteiger partial charge in [0.1, 0.15) is 5.75 Å². The standard InChI is InChI=1S/C24H25NO4/c1-15-11-12-20-21(13-15)24(28)25(23(20)27)18-9-6-10-19(14-18)29-16(2)22(26)17-7-4-3-5-8-17/h3-10,14-16,20-21H,11-13H2,1-2H3/t15-,16+,20+,21+/m1/s1. The minimum absolute atomic E-state index is 0.113. The predicted molar refractivity (Wildman–Crippen MR) is 110 cm³/mol. The van der Waals surface area contributed by atoms with Crippen LogP contribution in [0.5, 0.6) is 5.75 Å². The van der Waals surface area contributed by atoms with Crippen LogP contribution < -0.4 is 9.64 Å². The van der Waals surface area contributed by atoms with Crippen LogP contribution in [0.1, 0.15) is 43.5 Å². The second-order valence-electron chi connectivity index (χ2n) is 8.13. The van der Waals surface area contributed by atoms with Crippen molar-refractivity contribution in [1.29, 1.82) is 0 Å². The van der Waals surface area contributed by atoms with E-state index >= 15 is 0 Å². The van der Waals surface area contributed by atoms with E-state index in [1.54, 1.807) is 43.3 Å². The molecule has 150 valence electrons. The summed E-state index contributed by atoms with van der Waals surface area (Å²) in [7, 11) is 0. The highest BCUT2D eigenvalue weighted by Gasteiger charge is 2.50. The molecule has 1 saturated carbocycles. The van der Waals surface area contributed by atoms with Gasteiger partial charge in [0.05, 0.1) is 17.5 Å². The zero-order chi connectivity index (χ0) is 20.5. The lowest BCUT2D eigenvalue weighted by Crippen LogP contribution is -2.31. The normalized spacial score (nSPS) is 24.9. The van der Waals surface area contributed by atoms with Crippen molar-refractivity contribution in [3.05, 3.63) is 60.2 Å². The molecule has 0 unspecified atom stereocenters. The molecule has 0 bridgehead atoms. The Balaban J connectivity index is 1.52. The van der Waals surface area contributed by atoms with E-state index in [1.165, 1.54) is 4.90 Å². The van der Waals surface area contributed by atoms with Crippen LogP contribution in [-0.2, 0) is 9.59 Å². The van der Waals surface area contributed by atoms with Gasteiger partial charge < -0.3 is 4.74 Å². The monoisotopic (exact) mass is 391 g/mol. The zero-order valence-electron chi connectivity index (χ0n) is 16.7. The Kier molecular flexibility index (Phi) is 5.22. The van der Waals surface area contributed by atoms with Crippen LogP contribution in [0.25, 0.3) is 0 Å². The molecule has 5 heteroatoms. The number of hydrogen-bond acceptors (Lipinski definition) is 4. The summed E-state index contributed by atoms with van der Waals surface area (Å²) in [5.74, 6) is 0.158. The summed E-state index contributed by atoms with van der Waals surface area (Å²) in [5.41, 5.74) is 1.10. The predicted octanol–water partition coefficient (Wildman–Crippen LogP) is 4.26. The van der Waals surface area contributed by atoms with Crippen molar-refractivity contribution < 1.29 is 19.1 Å². The maximum atomic E-state index is 12.9. The van der Waals surface area contributed by atoms with Crippen molar-refractivity contribution in [3.63, 3.8) is 0 Å². The number of ether oxygens (including phenoxy) is 1. The number of rotatable bonds is 5. The van der Waals surface area contributed by atoms with Crippen molar-refractivity contribution in [2.75, 3.05) is 4.90 Å². The van der Waals surface area contributed by atoms with Gasteiger partial charge >= 0.3 is 0 Å². The highest BCUT2D eigenvalue weighted by Crippen LogP contribution is 2.42. The van der Waals surface area contributed by atoms with Crippen LogP contribution in [0.4, 0.5) is 5.69 Å². The Hall–Kier alpha value is -2.95. The molecule has 2 amide bonds. The molecule has 29 heavy (non-hydrogen) atoms. The van der Waals surface area contributed by atoms with Gasteiger partial charge in [-0.25, -0.2) is 4.90 Å². The summed E-state index contributed by atoms with van der Waals surface area (Å²) in [6.07, 6.45) is 1.84. The highest BCUT2D eigenvalue weighted by atomic mass is 16.5. The van der Waals surface area contributed by atoms with Crippen LogP contribution in [0.2, 0.25) is 0 Å². The Morgan fingerprint density at radius 3 is 2.48 bits per heavy atom. The number of amides is 2. The molecule has 1 heterocycles. The SMILES string of the molecule is C[C@@H]1CC[C@@H]2C(=O)N(c3cccc(O[C@@H](C)C(=O)c4ccccc4)c3)C(=O)[C@H]2C1. The van der Waals surface area contributed by atoms with Gasteiger partial charge in [0.15, 0.2) is 6.10 Å². The van der Waals surface area contributed by atoms with Crippen molar-refractivity contribution >= 4 is 23.3 Å². The van der Waals surface area contributed by atoms with E-state index in [4.69, 9.17) is 4.74 Å². The number of fused-ring (bicyclic) bond motifs is 1. The molecular formula is C24H25NO4. The van der Waals surface area contributed by atoms with Crippen LogP contribution >= 0.6 is 0 Å². The fraction of sp³-hybridized carbons (Fsp3) is 0.375. The van der Waals surface area contributed by atoms with Gasteiger partial charge in [-0.2, -0.15) is 0 Å². The van der Waals surface area contributed by atoms with Crippen LogP contribution in [0.3, 0.4) is 0 Å². The first-order valence-corrected chi connectivity index (χ1v) is 10.2. The summed E-state index contributed by atoms with van der Waals surface area (Å²) in [6.45, 7) is 3.83. The first-order valence-electron chi connectivity index (χ1n) is 10.2. The van der Waals surface area contributed by atoms with E-state index in [0.717, 1.165) is 19.3 Å². The van der Waals surface area contributed by atoms with Crippen molar-refractivity contribution in [1.82, 2.24) is 0 Å². The number of imide groups is 1. The number of Topliss-reactive ketones (excluding diaryl/α,β-unsaturated/α-hetero) is 1. The van der Waals surface area contributed by atoms with Gasteiger partial charge in [0.25, 0.3) is 0 Å². The van der Waals surface area contributed by atoms with E-state index in [-0.39, 0.29) is 29.4 Å². The number of carbonyl (C=O) groups excluding carboxylic acids is 3. The first-order chi connectivity index (χ1) is 14.0. The molecule has 1 saturated heterocycles. The van der Waals surface area contributed by atoms with Gasteiger partial charge in [0.2, 0.25) is 17.6 Å². The second-order valence-corrected chi connectivity index (χ2v) is 8.13. The molecule has 0 aromatic heterocycles. The number of benzene rings is 2. The van der Waals surface area contributed by atoms with Crippen LogP contribution in [0.15, 0.2) is 54.6 Å². The summed E-state index contributed by atoms with van der Waals surface area (Å²) in [5, 5.41) is 0. The average molecular weight is 391 g/mol. The van der Waals surface area contributed by atoms with Gasteiger partial charge in [-0.15, -0.1) is 0 Å². The third-order valence-corrected chi connectivity index (χ3v) is 6.00. The van der Waals surface area contributed by atoms with E-state index in [2.05, 4.69) is 6.92 Å². The maximum absolute atomic E-state index is 12.9. The topological polar surface area (TPSA) is 63.7 Å². The van der Waals surface area contributed by atoms with Crippen LogP contribution in [0, 0.1) is 17.8 Å². The van der Waals surface area contributed by atoms with Crippen molar-refractivity contribution in [2.45, 2.75) is 39.2 Å². The number of hydrogen-bond donors (Lipinski definition) is 0. The van der Waals surface area contributed by atoms with Crippen molar-refractivity contribution in [3.8, 4) is 5.75 Å². The van der Waals surface area contributed by atoms with E-state index in [9.17, 15) is 14.4 Å². The third-order valence-electron chi connectivity index (χ3n) is 6.00. The van der Waals surface area contributed by atoms with E-state index in [0.29, 0.717) is 22.9 Å². The highest BCUT2D eigenvalue weighted by molar-refractivity contribution is 6.22. The van der Waals surface area contributed by atoms with Crippen molar-refractivity contribution in [2.24, 2.45) is 17.8 Å². The number of nitrogens with zero attached hydrogens (tertiary/aromatic N) is 1. The Morgan fingerprint density at radius 2 is 1.72 bits per heavy atom. The van der Waals surface area contributed by atoms with E-state index < -0.39 is 6.10 Å². The molecule has 4 atom stereocenters. The smallest absolute Gasteiger partial charge is 0.237 e. The first kappa shape index (κ1) is 19.4. The number of ketones is 1. The minimum atomic E-state index is -0.680. The Bertz CT molecular complexity index is 939. The average Bonchev–Trinajstić information content (AvgIpc) is 2.98. The summed E-state index contributed by atoms with van der Waals surface area (Å²) < 4.78 is 5.84. The Morgan fingerprint density at radius 1 is 1.00 bits per heavy atom. The molecule has 2 aromatic carbocycles. The summed E-state index contributed by atoms with van der Waals surface area (Å²) in [6, 6.07) is 15.9. The summed E-state index contributed by atoms with van der Waals surface area (Å²) >= 11 is 0. The quantitative estimate of drug-likeness (QED) is 0.564. The van der Waals surface area contributed by atoms with Crippen LogP contribution in [-0.4, -0.2) is 23.7 Å². The lowest BCUT2D eigenvalue weighted by Gasteiger charge is -2.25. The molecule has 4 rings (SSSR count). The molecule has 1 aliphatic carbocycles. The molecule has 5 nitrogen and oxygen atoms in total. The minimum Gasteiger partial charge on any atom is -0.482 e. The largest absolute Gasteiger partial charge is 0.482 e. The maximum Gasteiger partial charge on any atom is 0.237 e. The van der Waals surface area contributed by atoms with Gasteiger partial charge in [0, 0.05) is 11.6 Å². The van der Waals surface area contributed by atoms with Gasteiger partial charge in [-0.1, -0.05) is 43.3 Å².